The highest BCUT2D eigenvalue weighted by molar-refractivity contribution is 5.93. The van der Waals surface area contributed by atoms with Gasteiger partial charge < -0.3 is 10.4 Å². The summed E-state index contributed by atoms with van der Waals surface area (Å²) >= 11 is 0. The lowest BCUT2D eigenvalue weighted by molar-refractivity contribution is 0.0697. The Kier molecular flexibility index (Phi) is 4.13. The largest absolute Gasteiger partial charge is 0.478 e. The number of anilines is 1. The number of aromatic nitrogens is 1. The van der Waals surface area contributed by atoms with Crippen molar-refractivity contribution >= 4 is 11.7 Å². The molecule has 0 aliphatic heterocycles. The van der Waals surface area contributed by atoms with Crippen molar-refractivity contribution in [2.24, 2.45) is 0 Å². The maximum atomic E-state index is 11.2. The van der Waals surface area contributed by atoms with Gasteiger partial charge in [0.2, 0.25) is 0 Å². The van der Waals surface area contributed by atoms with Crippen LogP contribution in [-0.2, 0) is 0 Å². The van der Waals surface area contributed by atoms with Gasteiger partial charge in [-0.25, -0.2) is 4.79 Å². The van der Waals surface area contributed by atoms with Crippen molar-refractivity contribution in [3.05, 3.63) is 59.9 Å². The molecule has 0 fully saturated rings. The summed E-state index contributed by atoms with van der Waals surface area (Å²) in [6.45, 7) is 2.06. The van der Waals surface area contributed by atoms with Crippen molar-refractivity contribution in [3.8, 4) is 0 Å². The number of carboxylic acid groups (broad SMARTS) is 1. The number of benzene rings is 1. The van der Waals surface area contributed by atoms with Crippen LogP contribution in [0.1, 0.15) is 35.3 Å². The second-order valence-electron chi connectivity index (χ2n) is 4.24. The lowest BCUT2D eigenvalue weighted by Gasteiger charge is -2.19. The zero-order chi connectivity index (χ0) is 13.7. The molecular weight excluding hydrogens is 240 g/mol. The molecule has 4 heteroatoms. The van der Waals surface area contributed by atoms with Crippen LogP contribution in [0.2, 0.25) is 0 Å². The van der Waals surface area contributed by atoms with E-state index < -0.39 is 5.97 Å². The van der Waals surface area contributed by atoms with Gasteiger partial charge in [-0.3, -0.25) is 4.98 Å². The number of nitrogens with zero attached hydrogens (tertiary/aromatic N) is 1. The standard InChI is InChI=1S/C15H16N2O2/c1-2-13(11-6-4-3-5-7-11)17-14-10-16-9-8-12(14)15(18)19/h3-10,13,17H,2H2,1H3,(H,18,19). The number of carbonyl (C=O) groups is 1. The summed E-state index contributed by atoms with van der Waals surface area (Å²) in [5.74, 6) is -0.951. The van der Waals surface area contributed by atoms with Crippen molar-refractivity contribution < 1.29 is 9.90 Å². The van der Waals surface area contributed by atoms with E-state index in [0.29, 0.717) is 5.69 Å². The molecule has 0 radical (unpaired) electrons. The van der Waals surface area contributed by atoms with E-state index in [4.69, 9.17) is 5.11 Å². The Hall–Kier alpha value is -2.36. The number of rotatable bonds is 5. The van der Waals surface area contributed by atoms with Crippen molar-refractivity contribution in [1.29, 1.82) is 0 Å². The van der Waals surface area contributed by atoms with Crippen molar-refractivity contribution in [1.82, 2.24) is 4.98 Å². The molecule has 0 spiro atoms. The molecule has 0 amide bonds. The molecule has 1 atom stereocenters. The number of aromatic carboxylic acids is 1. The van der Waals surface area contributed by atoms with Gasteiger partial charge in [0.05, 0.1) is 23.5 Å². The Labute approximate surface area is 112 Å². The second-order valence-corrected chi connectivity index (χ2v) is 4.24. The summed E-state index contributed by atoms with van der Waals surface area (Å²) in [4.78, 5) is 15.1. The number of hydrogen-bond donors (Lipinski definition) is 2. The average Bonchev–Trinajstić information content (AvgIpc) is 2.46. The Morgan fingerprint density at radius 1 is 1.32 bits per heavy atom. The van der Waals surface area contributed by atoms with E-state index >= 15 is 0 Å². The summed E-state index contributed by atoms with van der Waals surface area (Å²) in [5.41, 5.74) is 1.92. The van der Waals surface area contributed by atoms with Gasteiger partial charge >= 0.3 is 5.97 Å². The quantitative estimate of drug-likeness (QED) is 0.861. The second kappa shape index (κ2) is 6.00. The fourth-order valence-corrected chi connectivity index (χ4v) is 1.99. The summed E-state index contributed by atoms with van der Waals surface area (Å²) in [5, 5.41) is 12.4. The Balaban J connectivity index is 2.27. The molecule has 1 aromatic heterocycles. The molecule has 98 valence electrons. The first kappa shape index (κ1) is 13.1. The highest BCUT2D eigenvalue weighted by Crippen LogP contribution is 2.24. The first-order valence-corrected chi connectivity index (χ1v) is 6.21. The smallest absolute Gasteiger partial charge is 0.337 e. The van der Waals surface area contributed by atoms with Crippen LogP contribution in [0.5, 0.6) is 0 Å². The number of hydrogen-bond acceptors (Lipinski definition) is 3. The van der Waals surface area contributed by atoms with Gasteiger partial charge in [0.1, 0.15) is 0 Å². The molecule has 2 aromatic rings. The maximum absolute atomic E-state index is 11.2. The Bertz CT molecular complexity index is 555. The van der Waals surface area contributed by atoms with Crippen LogP contribution in [0, 0.1) is 0 Å². The zero-order valence-electron chi connectivity index (χ0n) is 10.7. The van der Waals surface area contributed by atoms with Crippen LogP contribution in [-0.4, -0.2) is 16.1 Å². The van der Waals surface area contributed by atoms with E-state index in [2.05, 4.69) is 17.2 Å². The Morgan fingerprint density at radius 2 is 2.05 bits per heavy atom. The van der Waals surface area contributed by atoms with Gasteiger partial charge in [0.15, 0.2) is 0 Å². The minimum atomic E-state index is -0.951. The predicted molar refractivity (Wildman–Crippen MR) is 74.3 cm³/mol. The van der Waals surface area contributed by atoms with Crippen molar-refractivity contribution in [3.63, 3.8) is 0 Å². The fourth-order valence-electron chi connectivity index (χ4n) is 1.99. The molecule has 2 rings (SSSR count). The summed E-state index contributed by atoms with van der Waals surface area (Å²) in [7, 11) is 0. The number of carboxylic acids is 1. The van der Waals surface area contributed by atoms with E-state index in [1.54, 1.807) is 6.20 Å². The van der Waals surface area contributed by atoms with Crippen molar-refractivity contribution in [2.75, 3.05) is 5.32 Å². The summed E-state index contributed by atoms with van der Waals surface area (Å²) < 4.78 is 0. The SMILES string of the molecule is CCC(Nc1cnccc1C(=O)O)c1ccccc1. The van der Waals surface area contributed by atoms with Gasteiger partial charge in [-0.1, -0.05) is 37.3 Å². The molecule has 1 aromatic carbocycles. The van der Waals surface area contributed by atoms with Crippen LogP contribution in [0.15, 0.2) is 48.8 Å². The van der Waals surface area contributed by atoms with E-state index in [1.807, 2.05) is 30.3 Å². The first-order valence-electron chi connectivity index (χ1n) is 6.21. The van der Waals surface area contributed by atoms with E-state index in [0.717, 1.165) is 12.0 Å². The fraction of sp³-hybridized carbons (Fsp3) is 0.200. The first-order chi connectivity index (χ1) is 9.22. The van der Waals surface area contributed by atoms with Gasteiger partial charge in [-0.2, -0.15) is 0 Å². The van der Waals surface area contributed by atoms with E-state index in [1.165, 1.54) is 12.3 Å². The molecule has 2 N–H and O–H groups in total. The van der Waals surface area contributed by atoms with Gasteiger partial charge in [0.25, 0.3) is 0 Å². The van der Waals surface area contributed by atoms with Crippen LogP contribution < -0.4 is 5.32 Å². The zero-order valence-corrected chi connectivity index (χ0v) is 10.7. The third-order valence-electron chi connectivity index (χ3n) is 2.99. The lowest BCUT2D eigenvalue weighted by atomic mass is 10.0. The summed E-state index contributed by atoms with van der Waals surface area (Å²) in [6, 6.07) is 11.5. The topological polar surface area (TPSA) is 62.2 Å². The van der Waals surface area contributed by atoms with Crippen LogP contribution >= 0.6 is 0 Å². The molecule has 0 bridgehead atoms. The average molecular weight is 256 g/mol. The van der Waals surface area contributed by atoms with Gasteiger partial charge in [0, 0.05) is 6.20 Å². The maximum Gasteiger partial charge on any atom is 0.337 e. The molecule has 0 saturated heterocycles. The Morgan fingerprint density at radius 3 is 2.68 bits per heavy atom. The molecule has 0 saturated carbocycles. The van der Waals surface area contributed by atoms with Crippen LogP contribution in [0.25, 0.3) is 0 Å². The third kappa shape index (κ3) is 3.10. The predicted octanol–water partition coefficient (Wildman–Crippen LogP) is 3.34. The number of nitrogens with one attached hydrogen (secondary N) is 1. The normalized spacial score (nSPS) is 11.8. The number of pyridine rings is 1. The van der Waals surface area contributed by atoms with E-state index in [9.17, 15) is 4.79 Å². The molecular formula is C15H16N2O2. The third-order valence-corrected chi connectivity index (χ3v) is 2.99. The van der Waals surface area contributed by atoms with Crippen molar-refractivity contribution in [2.45, 2.75) is 19.4 Å². The molecule has 0 aliphatic rings. The molecule has 19 heavy (non-hydrogen) atoms. The minimum Gasteiger partial charge on any atom is -0.478 e. The summed E-state index contributed by atoms with van der Waals surface area (Å²) in [6.07, 6.45) is 3.89. The molecule has 1 unspecified atom stereocenters. The molecule has 0 aliphatic carbocycles. The van der Waals surface area contributed by atoms with Crippen LogP contribution in [0.3, 0.4) is 0 Å². The molecule has 4 nitrogen and oxygen atoms in total. The van der Waals surface area contributed by atoms with E-state index in [-0.39, 0.29) is 11.6 Å². The monoisotopic (exact) mass is 256 g/mol. The van der Waals surface area contributed by atoms with Crippen LogP contribution in [0.4, 0.5) is 5.69 Å². The van der Waals surface area contributed by atoms with Gasteiger partial charge in [-0.15, -0.1) is 0 Å². The lowest BCUT2D eigenvalue weighted by Crippen LogP contribution is -2.13. The highest BCUT2D eigenvalue weighted by Gasteiger charge is 2.14. The minimum absolute atomic E-state index is 0.0727. The molecule has 1 heterocycles. The van der Waals surface area contributed by atoms with Gasteiger partial charge in [-0.05, 0) is 18.1 Å². The highest BCUT2D eigenvalue weighted by atomic mass is 16.4.